The number of nitrogens with zero attached hydrogens (tertiary/aromatic N) is 2. The van der Waals surface area contributed by atoms with Crippen molar-refractivity contribution in [1.82, 2.24) is 9.97 Å². The average Bonchev–Trinajstić information content (AvgIpc) is 2.98. The molecule has 6 aromatic rings. The summed E-state index contributed by atoms with van der Waals surface area (Å²) in [6.45, 7) is 0. The maximum atomic E-state index is 4.52. The molecular formula is C34H24N2. The second-order valence-corrected chi connectivity index (χ2v) is 8.78. The molecule has 4 aromatic carbocycles. The Labute approximate surface area is 211 Å². The minimum atomic E-state index is 0.979. The Morgan fingerprint density at radius 1 is 0.333 bits per heavy atom. The molecule has 0 aliphatic heterocycles. The Morgan fingerprint density at radius 3 is 1.53 bits per heavy atom. The SMILES string of the molecule is c1ccc(-c2cc(-c3cccnc3)cc(-c3cccc(-c4cccc(-c5ccccn5)c4)c3)c2)cc1. The summed E-state index contributed by atoms with van der Waals surface area (Å²) >= 11 is 0. The highest BCUT2D eigenvalue weighted by atomic mass is 14.7. The summed E-state index contributed by atoms with van der Waals surface area (Å²) in [7, 11) is 0. The summed E-state index contributed by atoms with van der Waals surface area (Å²) in [5.41, 5.74) is 11.5. The van der Waals surface area contributed by atoms with Gasteiger partial charge < -0.3 is 0 Å². The molecular weight excluding hydrogens is 436 g/mol. The Bertz CT molecular complexity index is 1550. The molecule has 0 amide bonds. The molecule has 2 heterocycles. The van der Waals surface area contributed by atoms with Gasteiger partial charge in [0.15, 0.2) is 0 Å². The normalized spacial score (nSPS) is 10.8. The van der Waals surface area contributed by atoms with Gasteiger partial charge in [-0.2, -0.15) is 0 Å². The van der Waals surface area contributed by atoms with Crippen molar-refractivity contribution < 1.29 is 0 Å². The third-order valence-electron chi connectivity index (χ3n) is 6.39. The van der Waals surface area contributed by atoms with E-state index in [0.717, 1.165) is 22.4 Å². The highest BCUT2D eigenvalue weighted by Crippen LogP contribution is 2.34. The molecule has 2 heteroatoms. The second kappa shape index (κ2) is 9.81. The molecule has 0 saturated heterocycles. The topological polar surface area (TPSA) is 25.8 Å². The predicted molar refractivity (Wildman–Crippen MR) is 149 cm³/mol. The highest BCUT2D eigenvalue weighted by molar-refractivity contribution is 5.83. The van der Waals surface area contributed by atoms with E-state index in [-0.39, 0.29) is 0 Å². The van der Waals surface area contributed by atoms with Gasteiger partial charge in [-0.25, -0.2) is 0 Å². The fourth-order valence-electron chi connectivity index (χ4n) is 4.56. The van der Waals surface area contributed by atoms with Crippen LogP contribution in [0.2, 0.25) is 0 Å². The molecule has 36 heavy (non-hydrogen) atoms. The largest absolute Gasteiger partial charge is 0.264 e. The first-order valence-corrected chi connectivity index (χ1v) is 12.1. The Morgan fingerprint density at radius 2 is 0.861 bits per heavy atom. The van der Waals surface area contributed by atoms with E-state index in [1.807, 2.05) is 42.9 Å². The van der Waals surface area contributed by atoms with Gasteiger partial charge in [0.1, 0.15) is 0 Å². The van der Waals surface area contributed by atoms with E-state index >= 15 is 0 Å². The predicted octanol–water partition coefficient (Wildman–Crippen LogP) is 8.81. The standard InChI is InChI=1S/C34H24N2/c1-2-9-25(10-3-1)31-21-32(23-33(22-31)30-15-8-17-35-24-30)28-13-6-11-26(19-28)27-12-7-14-29(20-27)34-16-4-5-18-36-34/h1-24H. The highest BCUT2D eigenvalue weighted by Gasteiger charge is 2.09. The Hall–Kier alpha value is -4.82. The minimum Gasteiger partial charge on any atom is -0.264 e. The number of rotatable bonds is 5. The van der Waals surface area contributed by atoms with Crippen molar-refractivity contribution in [1.29, 1.82) is 0 Å². The third kappa shape index (κ3) is 4.57. The van der Waals surface area contributed by atoms with Crippen molar-refractivity contribution in [2.24, 2.45) is 0 Å². The summed E-state index contributed by atoms with van der Waals surface area (Å²) in [5.74, 6) is 0. The van der Waals surface area contributed by atoms with E-state index in [1.165, 1.54) is 33.4 Å². The lowest BCUT2D eigenvalue weighted by molar-refractivity contribution is 1.33. The van der Waals surface area contributed by atoms with E-state index in [2.05, 4.69) is 113 Å². The zero-order chi connectivity index (χ0) is 24.2. The number of hydrogen-bond acceptors (Lipinski definition) is 2. The van der Waals surface area contributed by atoms with E-state index in [1.54, 1.807) is 0 Å². The molecule has 0 unspecified atom stereocenters. The molecule has 0 saturated carbocycles. The maximum Gasteiger partial charge on any atom is 0.0702 e. The van der Waals surface area contributed by atoms with Crippen molar-refractivity contribution in [3.8, 4) is 55.8 Å². The summed E-state index contributed by atoms with van der Waals surface area (Å²) < 4.78 is 0. The van der Waals surface area contributed by atoms with Gasteiger partial charge in [0.25, 0.3) is 0 Å². The summed E-state index contributed by atoms with van der Waals surface area (Å²) in [6, 6.07) is 44.8. The van der Waals surface area contributed by atoms with Gasteiger partial charge in [-0.15, -0.1) is 0 Å². The van der Waals surface area contributed by atoms with Crippen molar-refractivity contribution in [2.45, 2.75) is 0 Å². The average molecular weight is 461 g/mol. The number of aromatic nitrogens is 2. The lowest BCUT2D eigenvalue weighted by atomic mass is 9.92. The molecule has 0 radical (unpaired) electrons. The minimum absolute atomic E-state index is 0.979. The zero-order valence-electron chi connectivity index (χ0n) is 19.8. The van der Waals surface area contributed by atoms with Crippen LogP contribution in [0.3, 0.4) is 0 Å². The van der Waals surface area contributed by atoms with E-state index in [9.17, 15) is 0 Å². The summed E-state index contributed by atoms with van der Waals surface area (Å²) in [4.78, 5) is 8.87. The first kappa shape index (κ1) is 21.7. The number of benzene rings is 4. The van der Waals surface area contributed by atoms with Crippen LogP contribution in [-0.2, 0) is 0 Å². The lowest BCUT2D eigenvalue weighted by Gasteiger charge is -2.12. The van der Waals surface area contributed by atoms with Crippen LogP contribution < -0.4 is 0 Å². The first-order chi connectivity index (χ1) is 17.8. The fraction of sp³-hybridized carbons (Fsp3) is 0. The van der Waals surface area contributed by atoms with Crippen LogP contribution in [0.4, 0.5) is 0 Å². The van der Waals surface area contributed by atoms with Crippen LogP contribution in [0, 0.1) is 0 Å². The van der Waals surface area contributed by atoms with Crippen LogP contribution >= 0.6 is 0 Å². The van der Waals surface area contributed by atoms with Crippen LogP contribution in [0.5, 0.6) is 0 Å². The smallest absolute Gasteiger partial charge is 0.0702 e. The van der Waals surface area contributed by atoms with Gasteiger partial charge in [-0.05, 0) is 87.5 Å². The molecule has 0 bridgehead atoms. The Balaban J connectivity index is 1.45. The quantitative estimate of drug-likeness (QED) is 0.257. The fourth-order valence-corrected chi connectivity index (χ4v) is 4.56. The molecule has 0 fully saturated rings. The van der Waals surface area contributed by atoms with E-state index < -0.39 is 0 Å². The van der Waals surface area contributed by atoms with Crippen LogP contribution in [0.15, 0.2) is 146 Å². The van der Waals surface area contributed by atoms with Crippen LogP contribution in [0.1, 0.15) is 0 Å². The van der Waals surface area contributed by atoms with Crippen molar-refractivity contribution in [3.05, 3.63) is 146 Å². The Kier molecular flexibility index (Phi) is 5.91. The molecule has 170 valence electrons. The van der Waals surface area contributed by atoms with E-state index in [0.29, 0.717) is 0 Å². The number of hydrogen-bond donors (Lipinski definition) is 0. The van der Waals surface area contributed by atoms with Gasteiger partial charge >= 0.3 is 0 Å². The molecule has 0 spiro atoms. The van der Waals surface area contributed by atoms with Crippen molar-refractivity contribution in [2.75, 3.05) is 0 Å². The number of pyridine rings is 2. The summed E-state index contributed by atoms with van der Waals surface area (Å²) in [5, 5.41) is 0. The molecule has 0 aliphatic carbocycles. The van der Waals surface area contributed by atoms with Crippen LogP contribution in [-0.4, -0.2) is 9.97 Å². The van der Waals surface area contributed by atoms with Gasteiger partial charge in [0, 0.05) is 29.7 Å². The monoisotopic (exact) mass is 460 g/mol. The first-order valence-electron chi connectivity index (χ1n) is 12.1. The van der Waals surface area contributed by atoms with Crippen LogP contribution in [0.25, 0.3) is 55.8 Å². The second-order valence-electron chi connectivity index (χ2n) is 8.78. The van der Waals surface area contributed by atoms with E-state index in [4.69, 9.17) is 0 Å². The molecule has 0 aliphatic rings. The van der Waals surface area contributed by atoms with Gasteiger partial charge in [0.2, 0.25) is 0 Å². The van der Waals surface area contributed by atoms with Gasteiger partial charge in [0.05, 0.1) is 5.69 Å². The molecule has 0 atom stereocenters. The van der Waals surface area contributed by atoms with Gasteiger partial charge in [-0.3, -0.25) is 9.97 Å². The maximum absolute atomic E-state index is 4.52. The molecule has 2 nitrogen and oxygen atoms in total. The summed E-state index contributed by atoms with van der Waals surface area (Å²) in [6.07, 6.45) is 5.57. The molecule has 2 aromatic heterocycles. The lowest BCUT2D eigenvalue weighted by Crippen LogP contribution is -1.88. The van der Waals surface area contributed by atoms with Crippen molar-refractivity contribution >= 4 is 0 Å². The van der Waals surface area contributed by atoms with Crippen molar-refractivity contribution in [3.63, 3.8) is 0 Å². The third-order valence-corrected chi connectivity index (χ3v) is 6.39. The zero-order valence-corrected chi connectivity index (χ0v) is 19.8. The van der Waals surface area contributed by atoms with Gasteiger partial charge in [-0.1, -0.05) is 78.9 Å². The molecule has 6 rings (SSSR count). The molecule has 0 N–H and O–H groups in total.